The van der Waals surface area contributed by atoms with Crippen LogP contribution < -0.4 is 10.6 Å². The highest BCUT2D eigenvalue weighted by molar-refractivity contribution is 5.77. The smallest absolute Gasteiger partial charge is 0.221 e. The summed E-state index contributed by atoms with van der Waals surface area (Å²) >= 11 is 0. The van der Waals surface area contributed by atoms with E-state index in [2.05, 4.69) is 10.6 Å². The van der Waals surface area contributed by atoms with Crippen molar-refractivity contribution in [2.24, 2.45) is 0 Å². The van der Waals surface area contributed by atoms with Crippen molar-refractivity contribution in [1.82, 2.24) is 10.6 Å². The van der Waals surface area contributed by atoms with Crippen LogP contribution in [0.4, 0.5) is 0 Å². The summed E-state index contributed by atoms with van der Waals surface area (Å²) in [7, 11) is 0. The van der Waals surface area contributed by atoms with Crippen molar-refractivity contribution in [1.29, 1.82) is 0 Å². The molecular formula is C10H20N2O. The van der Waals surface area contributed by atoms with E-state index in [-0.39, 0.29) is 11.4 Å². The highest BCUT2D eigenvalue weighted by atomic mass is 16.1. The molecule has 1 heterocycles. The molecule has 0 aromatic carbocycles. The van der Waals surface area contributed by atoms with Gasteiger partial charge < -0.3 is 10.6 Å². The lowest BCUT2D eigenvalue weighted by molar-refractivity contribution is -0.122. The van der Waals surface area contributed by atoms with Gasteiger partial charge in [0, 0.05) is 18.0 Å². The Balaban J connectivity index is 2.24. The summed E-state index contributed by atoms with van der Waals surface area (Å²) in [5, 5.41) is 6.28. The van der Waals surface area contributed by atoms with Crippen LogP contribution in [0.5, 0.6) is 0 Å². The predicted molar refractivity (Wildman–Crippen MR) is 53.5 cm³/mol. The maximum absolute atomic E-state index is 11.5. The van der Waals surface area contributed by atoms with Crippen LogP contribution in [-0.4, -0.2) is 24.0 Å². The van der Waals surface area contributed by atoms with Crippen LogP contribution in [0.2, 0.25) is 0 Å². The first-order valence-corrected chi connectivity index (χ1v) is 5.02. The van der Waals surface area contributed by atoms with Gasteiger partial charge in [0.25, 0.3) is 0 Å². The van der Waals surface area contributed by atoms with Crippen LogP contribution in [0.1, 0.15) is 40.0 Å². The molecule has 1 aliphatic rings. The molecule has 0 aromatic heterocycles. The van der Waals surface area contributed by atoms with Gasteiger partial charge in [0.05, 0.1) is 0 Å². The molecule has 1 amide bonds. The molecule has 0 radical (unpaired) electrons. The Morgan fingerprint density at radius 1 is 1.54 bits per heavy atom. The fourth-order valence-corrected chi connectivity index (χ4v) is 1.62. The first kappa shape index (κ1) is 10.5. The summed E-state index contributed by atoms with van der Waals surface area (Å²) in [6.07, 6.45) is 2.96. The van der Waals surface area contributed by atoms with Gasteiger partial charge in [-0.3, -0.25) is 4.79 Å². The van der Waals surface area contributed by atoms with E-state index >= 15 is 0 Å². The Bertz CT molecular complexity index is 178. The van der Waals surface area contributed by atoms with Gasteiger partial charge in [0.1, 0.15) is 0 Å². The summed E-state index contributed by atoms with van der Waals surface area (Å²) in [4.78, 5) is 11.5. The van der Waals surface area contributed by atoms with Crippen molar-refractivity contribution < 1.29 is 4.79 Å². The van der Waals surface area contributed by atoms with Gasteiger partial charge in [-0.1, -0.05) is 0 Å². The Morgan fingerprint density at radius 2 is 2.23 bits per heavy atom. The normalized spacial score (nSPS) is 23.2. The number of carbonyl (C=O) groups excluding carboxylic acids is 1. The summed E-state index contributed by atoms with van der Waals surface area (Å²) < 4.78 is 0. The summed E-state index contributed by atoms with van der Waals surface area (Å²) in [5.41, 5.74) is -0.102. The largest absolute Gasteiger partial charge is 0.351 e. The molecule has 0 unspecified atom stereocenters. The van der Waals surface area contributed by atoms with Crippen molar-refractivity contribution in [3.8, 4) is 0 Å². The third-order valence-electron chi connectivity index (χ3n) is 2.11. The quantitative estimate of drug-likeness (QED) is 0.673. The molecule has 1 atom stereocenters. The number of hydrogen-bond acceptors (Lipinski definition) is 2. The second-order valence-electron chi connectivity index (χ2n) is 4.80. The molecule has 0 spiro atoms. The minimum absolute atomic E-state index is 0.102. The van der Waals surface area contributed by atoms with Gasteiger partial charge in [-0.15, -0.1) is 0 Å². The molecule has 0 aliphatic carbocycles. The summed E-state index contributed by atoms with van der Waals surface area (Å²) in [6, 6.07) is 0.405. The average Bonchev–Trinajstić information content (AvgIpc) is 2.34. The van der Waals surface area contributed by atoms with E-state index in [0.717, 1.165) is 13.0 Å². The van der Waals surface area contributed by atoms with E-state index < -0.39 is 0 Å². The van der Waals surface area contributed by atoms with E-state index in [1.54, 1.807) is 0 Å². The van der Waals surface area contributed by atoms with Gasteiger partial charge in [-0.2, -0.15) is 0 Å². The number of hydrogen-bond donors (Lipinski definition) is 2. The molecule has 0 aromatic rings. The Labute approximate surface area is 80.3 Å². The molecule has 76 valence electrons. The fourth-order valence-electron chi connectivity index (χ4n) is 1.62. The number of rotatable bonds is 2. The lowest BCUT2D eigenvalue weighted by atomic mass is 10.1. The van der Waals surface area contributed by atoms with Gasteiger partial charge in [0.15, 0.2) is 0 Å². The molecule has 1 rings (SSSR count). The maximum Gasteiger partial charge on any atom is 0.221 e. The second-order valence-corrected chi connectivity index (χ2v) is 4.80. The summed E-state index contributed by atoms with van der Waals surface area (Å²) in [5.74, 6) is 0.159. The lowest BCUT2D eigenvalue weighted by Gasteiger charge is -2.21. The zero-order valence-electron chi connectivity index (χ0n) is 8.81. The van der Waals surface area contributed by atoms with Gasteiger partial charge in [-0.05, 0) is 40.2 Å². The highest BCUT2D eigenvalue weighted by Crippen LogP contribution is 2.09. The lowest BCUT2D eigenvalue weighted by Crippen LogP contribution is -2.42. The number of amides is 1. The van der Waals surface area contributed by atoms with E-state index in [1.807, 2.05) is 20.8 Å². The Hall–Kier alpha value is -0.570. The van der Waals surface area contributed by atoms with Crippen LogP contribution in [0.3, 0.4) is 0 Å². The maximum atomic E-state index is 11.5. The number of carbonyl (C=O) groups is 1. The molecule has 13 heavy (non-hydrogen) atoms. The SMILES string of the molecule is CC(C)(C)NC(=O)C[C@H]1CCCN1. The van der Waals surface area contributed by atoms with E-state index in [4.69, 9.17) is 0 Å². The monoisotopic (exact) mass is 184 g/mol. The molecule has 2 N–H and O–H groups in total. The zero-order valence-corrected chi connectivity index (χ0v) is 8.81. The van der Waals surface area contributed by atoms with E-state index in [9.17, 15) is 4.79 Å². The van der Waals surface area contributed by atoms with Gasteiger partial charge in [0.2, 0.25) is 5.91 Å². The van der Waals surface area contributed by atoms with Crippen LogP contribution in [0.25, 0.3) is 0 Å². The molecule has 0 saturated carbocycles. The second kappa shape index (κ2) is 4.09. The van der Waals surface area contributed by atoms with Crippen molar-refractivity contribution in [2.45, 2.75) is 51.6 Å². The van der Waals surface area contributed by atoms with Crippen molar-refractivity contribution in [3.63, 3.8) is 0 Å². The van der Waals surface area contributed by atoms with Gasteiger partial charge >= 0.3 is 0 Å². The molecule has 1 saturated heterocycles. The van der Waals surface area contributed by atoms with Crippen molar-refractivity contribution >= 4 is 5.91 Å². The minimum Gasteiger partial charge on any atom is -0.351 e. The van der Waals surface area contributed by atoms with Crippen LogP contribution >= 0.6 is 0 Å². The Morgan fingerprint density at radius 3 is 2.69 bits per heavy atom. The first-order chi connectivity index (χ1) is 5.97. The van der Waals surface area contributed by atoms with Crippen molar-refractivity contribution in [2.75, 3.05) is 6.54 Å². The third-order valence-corrected chi connectivity index (χ3v) is 2.11. The average molecular weight is 184 g/mol. The van der Waals surface area contributed by atoms with E-state index in [1.165, 1.54) is 6.42 Å². The van der Waals surface area contributed by atoms with E-state index in [0.29, 0.717) is 12.5 Å². The summed E-state index contributed by atoms with van der Waals surface area (Å²) in [6.45, 7) is 7.08. The van der Waals surface area contributed by atoms with Crippen molar-refractivity contribution in [3.05, 3.63) is 0 Å². The molecule has 0 bridgehead atoms. The molecule has 3 heteroatoms. The molecular weight excluding hydrogens is 164 g/mol. The van der Waals surface area contributed by atoms with Gasteiger partial charge in [-0.25, -0.2) is 0 Å². The molecule has 1 fully saturated rings. The topological polar surface area (TPSA) is 41.1 Å². The standard InChI is InChI=1S/C10H20N2O/c1-10(2,3)12-9(13)7-8-5-4-6-11-8/h8,11H,4-7H2,1-3H3,(H,12,13)/t8-/m1/s1. The van der Waals surface area contributed by atoms with Crippen LogP contribution in [-0.2, 0) is 4.79 Å². The molecule has 1 aliphatic heterocycles. The van der Waals surface area contributed by atoms with Crippen LogP contribution in [0, 0.1) is 0 Å². The first-order valence-electron chi connectivity index (χ1n) is 5.02. The fraction of sp³-hybridized carbons (Fsp3) is 0.900. The zero-order chi connectivity index (χ0) is 9.90. The Kier molecular flexibility index (Phi) is 3.31. The number of nitrogens with one attached hydrogen (secondary N) is 2. The van der Waals surface area contributed by atoms with Crippen LogP contribution in [0.15, 0.2) is 0 Å². The predicted octanol–water partition coefficient (Wildman–Crippen LogP) is 1.04. The minimum atomic E-state index is -0.102. The highest BCUT2D eigenvalue weighted by Gasteiger charge is 2.20. The third kappa shape index (κ3) is 4.27. The molecule has 3 nitrogen and oxygen atoms in total.